The molecule has 0 heterocycles. The number of fused-ring (bicyclic) bond motifs is 1. The molecule has 0 saturated carbocycles. The Labute approximate surface area is 420 Å². The van der Waals surface area contributed by atoms with Crippen LogP contribution in [-0.4, -0.2) is 0 Å². The minimum absolute atomic E-state index is 0. The van der Waals surface area contributed by atoms with Crippen LogP contribution < -0.4 is 0 Å². The van der Waals surface area contributed by atoms with E-state index in [0.29, 0.717) is 29.6 Å². The Morgan fingerprint density at radius 1 is 0.567 bits per heavy atom. The normalized spacial score (nSPS) is 15.3. The third-order valence-corrected chi connectivity index (χ3v) is 13.3. The van der Waals surface area contributed by atoms with Crippen LogP contribution in [-0.2, 0) is 0 Å². The van der Waals surface area contributed by atoms with Gasteiger partial charge in [-0.3, -0.25) is 0 Å². The topological polar surface area (TPSA) is 0 Å². The average Bonchev–Trinajstić information content (AvgIpc) is 3.33. The fourth-order valence-corrected chi connectivity index (χ4v) is 8.75. The standard InChI is InChI=1S/C22H28.C22H36.C10H10.C10H20.3CH4.H2/c1-15(2)17-5-7-18(8-6-17)21-12-10-19-9-11-20(16(3)4)13-22(19)14-21;1-5-8-9-10-11-12-13-21(7-3)18-19(4)22-16-14-20(6-2)15-17-22;1-3-9-5-7-10(4-2)8-6-9;1-3-5-7-9-10-8-6-4-2;;;;/h5-11,13,15-16,21-22H,12,14H2,1-4H3;6,14-17,19,21H,2,5,7-13,18H2,1,3-4H3;3-8H,1-2H2;3H,1,4-10H2,2H3;3*1H4;1H/i;;;;;;;1+1. The first-order chi connectivity index (χ1) is 31.0. The summed E-state index contributed by atoms with van der Waals surface area (Å²) in [6.07, 6.45) is 41.7. The van der Waals surface area contributed by atoms with Crippen LogP contribution >= 0.6 is 0 Å². The summed E-state index contributed by atoms with van der Waals surface area (Å²) in [6.45, 7) is 33.2. The lowest BCUT2D eigenvalue weighted by Crippen LogP contribution is -2.15. The van der Waals surface area contributed by atoms with Gasteiger partial charge >= 0.3 is 0 Å². The van der Waals surface area contributed by atoms with Gasteiger partial charge in [0.05, 0.1) is 0 Å². The maximum Gasteiger partial charge on any atom is 0.00266 e. The van der Waals surface area contributed by atoms with E-state index in [1.54, 1.807) is 0 Å². The number of rotatable bonds is 24. The second kappa shape index (κ2) is 39.8. The largest absolute Gasteiger partial charge is 0.103 e. The molecule has 0 N–H and O–H groups in total. The zero-order valence-corrected chi connectivity index (χ0v) is 42.6. The molecule has 0 nitrogen and oxygen atoms in total. The highest BCUT2D eigenvalue weighted by Gasteiger charge is 2.25. The molecule has 0 bridgehead atoms. The van der Waals surface area contributed by atoms with E-state index in [1.807, 2.05) is 48.6 Å². The average molecular weight is 915 g/mol. The third kappa shape index (κ3) is 26.8. The predicted molar refractivity (Wildman–Crippen MR) is 315 cm³/mol. The fraction of sp³-hybridized carbons (Fsp3) is 0.522. The summed E-state index contributed by atoms with van der Waals surface area (Å²) in [5, 5.41) is 0. The van der Waals surface area contributed by atoms with Gasteiger partial charge in [-0.15, -0.1) is 6.58 Å². The Balaban J connectivity index is -0.000000863. The number of unbranched alkanes of at least 4 members (excludes halogenated alkanes) is 11. The molecule has 376 valence electrons. The summed E-state index contributed by atoms with van der Waals surface area (Å²) >= 11 is 0. The van der Waals surface area contributed by atoms with Gasteiger partial charge in [0.25, 0.3) is 0 Å². The van der Waals surface area contributed by atoms with Crippen molar-refractivity contribution >= 4 is 18.2 Å². The van der Waals surface area contributed by atoms with Gasteiger partial charge in [-0.25, -0.2) is 0 Å². The van der Waals surface area contributed by atoms with E-state index in [4.69, 9.17) is 0 Å². The van der Waals surface area contributed by atoms with Crippen molar-refractivity contribution in [2.75, 3.05) is 0 Å². The van der Waals surface area contributed by atoms with Crippen LogP contribution in [0.15, 0.2) is 141 Å². The van der Waals surface area contributed by atoms with E-state index in [9.17, 15) is 0 Å². The Hall–Kier alpha value is -4.16. The van der Waals surface area contributed by atoms with E-state index >= 15 is 0 Å². The van der Waals surface area contributed by atoms with Crippen molar-refractivity contribution < 1.29 is 1.43 Å². The molecular weight excluding hydrogens is 805 g/mol. The smallest absolute Gasteiger partial charge is 0.00266 e. The van der Waals surface area contributed by atoms with Gasteiger partial charge in [0.15, 0.2) is 0 Å². The Morgan fingerprint density at radius 3 is 1.51 bits per heavy atom. The van der Waals surface area contributed by atoms with Gasteiger partial charge in [-0.05, 0) is 106 Å². The van der Waals surface area contributed by atoms with E-state index in [1.165, 1.54) is 149 Å². The first-order valence-corrected chi connectivity index (χ1v) is 25.9. The van der Waals surface area contributed by atoms with Gasteiger partial charge < -0.3 is 0 Å². The Morgan fingerprint density at radius 2 is 1.04 bits per heavy atom. The summed E-state index contributed by atoms with van der Waals surface area (Å²) in [6, 6.07) is 26.3. The lowest BCUT2D eigenvalue weighted by Gasteiger charge is -2.30. The molecule has 0 saturated heterocycles. The van der Waals surface area contributed by atoms with Crippen LogP contribution in [0.2, 0.25) is 0 Å². The highest BCUT2D eigenvalue weighted by Crippen LogP contribution is 2.40. The molecule has 4 unspecified atom stereocenters. The summed E-state index contributed by atoms with van der Waals surface area (Å²) < 4.78 is 0. The van der Waals surface area contributed by atoms with Crippen molar-refractivity contribution in [3.8, 4) is 0 Å². The van der Waals surface area contributed by atoms with E-state index in [0.717, 1.165) is 17.0 Å². The molecule has 3 aromatic rings. The van der Waals surface area contributed by atoms with Crippen molar-refractivity contribution in [1.82, 2.24) is 0 Å². The molecule has 2 aliphatic rings. The van der Waals surface area contributed by atoms with Gasteiger partial charge in [-0.1, -0.05) is 302 Å². The zero-order chi connectivity index (χ0) is 47.0. The van der Waals surface area contributed by atoms with Gasteiger partial charge in [-0.2, -0.15) is 0 Å². The minimum Gasteiger partial charge on any atom is -0.103 e. The van der Waals surface area contributed by atoms with Gasteiger partial charge in [0, 0.05) is 7.34 Å². The number of hydrogen-bond donors (Lipinski definition) is 0. The molecule has 0 fully saturated rings. The van der Waals surface area contributed by atoms with E-state index in [2.05, 4.69) is 155 Å². The molecule has 0 radical (unpaired) electrons. The summed E-state index contributed by atoms with van der Waals surface area (Å²) in [7, 11) is 0. The first kappa shape index (κ1) is 64.9. The van der Waals surface area contributed by atoms with Crippen molar-refractivity contribution in [1.29, 1.82) is 0 Å². The van der Waals surface area contributed by atoms with Crippen molar-refractivity contribution in [3.05, 3.63) is 174 Å². The van der Waals surface area contributed by atoms with E-state index in [-0.39, 0.29) is 23.7 Å². The molecule has 0 aromatic heterocycles. The molecule has 0 amide bonds. The first-order valence-electron chi connectivity index (χ1n) is 25.9. The predicted octanol–water partition coefficient (Wildman–Crippen LogP) is 23.0. The Kier molecular flexibility index (Phi) is 38.6. The minimum atomic E-state index is 0. The lowest BCUT2D eigenvalue weighted by atomic mass is 9.74. The zero-order valence-electron chi connectivity index (χ0n) is 42.6. The van der Waals surface area contributed by atoms with Crippen LogP contribution in [0.4, 0.5) is 0 Å². The maximum absolute atomic E-state index is 3.83. The quantitative estimate of drug-likeness (QED) is 0.0620. The molecule has 67 heavy (non-hydrogen) atoms. The second-order valence-corrected chi connectivity index (χ2v) is 19.2. The van der Waals surface area contributed by atoms with Crippen LogP contribution in [0.5, 0.6) is 0 Å². The van der Waals surface area contributed by atoms with Gasteiger partial charge in [0.2, 0.25) is 0 Å². The molecule has 0 heteroatoms. The molecule has 5 rings (SSSR count). The Bertz CT molecular complexity index is 1750. The SMILES string of the molecule is C.C.C.C=CCCCCCCCC.C=Cc1ccc(C(C)CC(CC)CCCCCCCC)cc1.C=Cc1ccc(C=C)cc1.CC(C)C1=CC2CC(c3ccc(C(C)C)cc3)CC=C2C=C1.[2HH]. The van der Waals surface area contributed by atoms with Crippen LogP contribution in [0, 0.1) is 17.8 Å². The van der Waals surface area contributed by atoms with Crippen LogP contribution in [0.1, 0.15) is 246 Å². The number of allylic oxidation sites excluding steroid dienone is 7. The number of benzene rings is 3. The summed E-state index contributed by atoms with van der Waals surface area (Å²) in [5.74, 6) is 4.09. The molecule has 3 aromatic carbocycles. The van der Waals surface area contributed by atoms with Crippen molar-refractivity contribution in [2.45, 2.75) is 211 Å². The summed E-state index contributed by atoms with van der Waals surface area (Å²) in [5.41, 5.74) is 11.0. The molecular formula is C67H108. The highest BCUT2D eigenvalue weighted by atomic mass is 14.3. The maximum atomic E-state index is 3.83. The monoisotopic (exact) mass is 914 g/mol. The number of hydrogen-bond acceptors (Lipinski definition) is 0. The molecule has 0 aliphatic heterocycles. The van der Waals surface area contributed by atoms with Gasteiger partial charge in [0.1, 0.15) is 0 Å². The van der Waals surface area contributed by atoms with Crippen molar-refractivity contribution in [3.63, 3.8) is 0 Å². The molecule has 4 atom stereocenters. The van der Waals surface area contributed by atoms with Crippen molar-refractivity contribution in [2.24, 2.45) is 17.8 Å². The van der Waals surface area contributed by atoms with Crippen LogP contribution in [0.25, 0.3) is 18.2 Å². The molecule has 2 aliphatic carbocycles. The fourth-order valence-electron chi connectivity index (χ4n) is 8.75. The van der Waals surface area contributed by atoms with Crippen LogP contribution in [0.3, 0.4) is 0 Å². The third-order valence-electron chi connectivity index (χ3n) is 13.3. The second-order valence-electron chi connectivity index (χ2n) is 19.2. The highest BCUT2D eigenvalue weighted by molar-refractivity contribution is 5.53. The lowest BCUT2D eigenvalue weighted by molar-refractivity contribution is 0.387. The van der Waals surface area contributed by atoms with E-state index < -0.39 is 0 Å². The summed E-state index contributed by atoms with van der Waals surface area (Å²) in [4.78, 5) is 0. The molecule has 0 spiro atoms.